The first-order valence-electron chi connectivity index (χ1n) is 9.50. The molecule has 2 atom stereocenters. The number of esters is 1. The Kier molecular flexibility index (Phi) is 12.0. The average molecular weight is 329 g/mol. The summed E-state index contributed by atoms with van der Waals surface area (Å²) in [6, 6.07) is 0. The Morgan fingerprint density at radius 3 is 1.86 bits per heavy atom. The van der Waals surface area contributed by atoms with Gasteiger partial charge < -0.3 is 4.74 Å². The minimum Gasteiger partial charge on any atom is -0.469 e. The molecule has 130 valence electrons. The van der Waals surface area contributed by atoms with Gasteiger partial charge in [-0.2, -0.15) is 11.8 Å². The third-order valence-corrected chi connectivity index (χ3v) is 6.14. The summed E-state index contributed by atoms with van der Waals surface area (Å²) in [5, 5.41) is 1.83. The van der Waals surface area contributed by atoms with E-state index in [1.165, 1.54) is 84.2 Å². The molecule has 2 nitrogen and oxygen atoms in total. The van der Waals surface area contributed by atoms with Crippen LogP contribution < -0.4 is 0 Å². The largest absolute Gasteiger partial charge is 0.469 e. The molecule has 0 aromatic rings. The Bertz CT molecular complexity index is 281. The highest BCUT2D eigenvalue weighted by Gasteiger charge is 2.36. The maximum atomic E-state index is 11.0. The zero-order valence-electron chi connectivity index (χ0n) is 14.8. The molecule has 0 radical (unpaired) electrons. The molecular weight excluding hydrogens is 292 g/mol. The summed E-state index contributed by atoms with van der Waals surface area (Å²) in [5.74, 6) is -0.0605. The van der Waals surface area contributed by atoms with Crippen molar-refractivity contribution in [1.29, 1.82) is 0 Å². The van der Waals surface area contributed by atoms with Crippen LogP contribution >= 0.6 is 11.8 Å². The normalized spacial score (nSPS) is 20.1. The summed E-state index contributed by atoms with van der Waals surface area (Å²) in [6.07, 6.45) is 18.3. The van der Waals surface area contributed by atoms with Gasteiger partial charge in [-0.3, -0.25) is 4.79 Å². The van der Waals surface area contributed by atoms with Crippen molar-refractivity contribution in [3.8, 4) is 0 Å². The lowest BCUT2D eigenvalue weighted by Crippen LogP contribution is -2.00. The quantitative estimate of drug-likeness (QED) is 0.206. The first-order valence-corrected chi connectivity index (χ1v) is 10.4. The first kappa shape index (κ1) is 19.9. The predicted molar refractivity (Wildman–Crippen MR) is 97.5 cm³/mol. The SMILES string of the molecule is CCCCCCCCCCC[C@@H]1S[C@H]1CCCCC(=O)OC. The summed E-state index contributed by atoms with van der Waals surface area (Å²) in [5.41, 5.74) is 0. The number of carbonyl (C=O) groups is 1. The molecule has 0 bridgehead atoms. The van der Waals surface area contributed by atoms with Gasteiger partial charge in [0.25, 0.3) is 0 Å². The highest BCUT2D eigenvalue weighted by atomic mass is 32.2. The van der Waals surface area contributed by atoms with Crippen LogP contribution in [0.1, 0.15) is 96.8 Å². The van der Waals surface area contributed by atoms with Gasteiger partial charge in [0, 0.05) is 16.9 Å². The molecule has 1 aliphatic heterocycles. The standard InChI is InChI=1S/C19H36O2S/c1-3-4-5-6-7-8-9-10-11-14-17-18(22-17)15-12-13-16-19(20)21-2/h17-18H,3-16H2,1-2H3/t17-,18-/m0/s1. The van der Waals surface area contributed by atoms with Gasteiger partial charge in [-0.05, 0) is 19.3 Å². The van der Waals surface area contributed by atoms with Gasteiger partial charge in [0.05, 0.1) is 7.11 Å². The fraction of sp³-hybridized carbons (Fsp3) is 0.947. The van der Waals surface area contributed by atoms with Crippen molar-refractivity contribution in [2.45, 2.75) is 107 Å². The van der Waals surface area contributed by atoms with Crippen molar-refractivity contribution in [2.75, 3.05) is 7.11 Å². The zero-order valence-corrected chi connectivity index (χ0v) is 15.6. The molecule has 0 spiro atoms. The van der Waals surface area contributed by atoms with Gasteiger partial charge in [-0.15, -0.1) is 0 Å². The molecule has 22 heavy (non-hydrogen) atoms. The minimum absolute atomic E-state index is 0.0605. The summed E-state index contributed by atoms with van der Waals surface area (Å²) < 4.78 is 4.66. The molecule has 0 saturated carbocycles. The van der Waals surface area contributed by atoms with E-state index in [0.29, 0.717) is 6.42 Å². The van der Waals surface area contributed by atoms with Crippen LogP contribution in [0, 0.1) is 0 Å². The Morgan fingerprint density at radius 2 is 1.32 bits per heavy atom. The molecule has 0 aromatic heterocycles. The van der Waals surface area contributed by atoms with E-state index >= 15 is 0 Å². The van der Waals surface area contributed by atoms with E-state index in [9.17, 15) is 4.79 Å². The van der Waals surface area contributed by atoms with E-state index in [2.05, 4.69) is 23.4 Å². The first-order chi connectivity index (χ1) is 10.8. The molecule has 0 aliphatic carbocycles. The van der Waals surface area contributed by atoms with Crippen LogP contribution in [0.5, 0.6) is 0 Å². The second-order valence-corrected chi connectivity index (χ2v) is 8.14. The number of hydrogen-bond donors (Lipinski definition) is 0. The fourth-order valence-corrected chi connectivity index (χ4v) is 4.30. The summed E-state index contributed by atoms with van der Waals surface area (Å²) >= 11 is 2.16. The van der Waals surface area contributed by atoms with E-state index in [0.717, 1.165) is 16.9 Å². The molecule has 1 fully saturated rings. The van der Waals surface area contributed by atoms with Crippen LogP contribution in [0.2, 0.25) is 0 Å². The van der Waals surface area contributed by atoms with Crippen LogP contribution in [-0.2, 0) is 9.53 Å². The third-order valence-electron chi connectivity index (χ3n) is 4.63. The molecule has 1 heterocycles. The lowest BCUT2D eigenvalue weighted by atomic mass is 10.0. The fourth-order valence-electron chi connectivity index (χ4n) is 3.06. The van der Waals surface area contributed by atoms with Gasteiger partial charge in [-0.1, -0.05) is 71.1 Å². The number of ether oxygens (including phenoxy) is 1. The molecule has 1 aliphatic rings. The highest BCUT2D eigenvalue weighted by molar-refractivity contribution is 8.07. The number of methoxy groups -OCH3 is 1. The number of hydrogen-bond acceptors (Lipinski definition) is 3. The number of thioether (sulfide) groups is 1. The molecule has 0 N–H and O–H groups in total. The minimum atomic E-state index is -0.0605. The van der Waals surface area contributed by atoms with E-state index in [4.69, 9.17) is 0 Å². The van der Waals surface area contributed by atoms with Crippen LogP contribution in [0.25, 0.3) is 0 Å². The van der Waals surface area contributed by atoms with Gasteiger partial charge in [0.15, 0.2) is 0 Å². The second kappa shape index (κ2) is 13.3. The summed E-state index contributed by atoms with van der Waals surface area (Å²) in [6.45, 7) is 2.28. The molecule has 0 unspecified atom stereocenters. The maximum absolute atomic E-state index is 11.0. The molecule has 0 aromatic carbocycles. The van der Waals surface area contributed by atoms with Crippen molar-refractivity contribution in [1.82, 2.24) is 0 Å². The van der Waals surface area contributed by atoms with Gasteiger partial charge in [-0.25, -0.2) is 0 Å². The van der Waals surface area contributed by atoms with Crippen LogP contribution in [0.3, 0.4) is 0 Å². The third kappa shape index (κ3) is 10.5. The topological polar surface area (TPSA) is 26.3 Å². The van der Waals surface area contributed by atoms with E-state index in [1.807, 2.05) is 0 Å². The van der Waals surface area contributed by atoms with Crippen molar-refractivity contribution in [3.05, 3.63) is 0 Å². The van der Waals surface area contributed by atoms with E-state index in [-0.39, 0.29) is 5.97 Å². The Morgan fingerprint density at radius 1 is 0.818 bits per heavy atom. The number of carbonyl (C=O) groups excluding carboxylic acids is 1. The number of unbranched alkanes of at least 4 members (excludes halogenated alkanes) is 9. The van der Waals surface area contributed by atoms with Gasteiger partial charge >= 0.3 is 5.97 Å². The summed E-state index contributed by atoms with van der Waals surface area (Å²) in [7, 11) is 1.47. The summed E-state index contributed by atoms with van der Waals surface area (Å²) in [4.78, 5) is 11.0. The van der Waals surface area contributed by atoms with Crippen molar-refractivity contribution < 1.29 is 9.53 Å². The number of rotatable bonds is 15. The van der Waals surface area contributed by atoms with Crippen LogP contribution in [-0.4, -0.2) is 23.6 Å². The smallest absolute Gasteiger partial charge is 0.305 e. The lowest BCUT2D eigenvalue weighted by molar-refractivity contribution is -0.140. The molecule has 1 saturated heterocycles. The van der Waals surface area contributed by atoms with Crippen molar-refractivity contribution in [3.63, 3.8) is 0 Å². The Balaban J connectivity index is 1.77. The zero-order chi connectivity index (χ0) is 16.0. The monoisotopic (exact) mass is 328 g/mol. The van der Waals surface area contributed by atoms with E-state index < -0.39 is 0 Å². The molecule has 3 heteroatoms. The second-order valence-electron chi connectivity index (χ2n) is 6.65. The van der Waals surface area contributed by atoms with Crippen LogP contribution in [0.4, 0.5) is 0 Å². The Labute approximate surface area is 142 Å². The molecule has 0 amide bonds. The van der Waals surface area contributed by atoms with Gasteiger partial charge in [0.2, 0.25) is 0 Å². The Hall–Kier alpha value is -0.180. The average Bonchev–Trinajstić information content (AvgIpc) is 3.28. The predicted octanol–water partition coefficient (Wildman–Crippen LogP) is 6.12. The highest BCUT2D eigenvalue weighted by Crippen LogP contribution is 2.47. The van der Waals surface area contributed by atoms with Crippen LogP contribution in [0.15, 0.2) is 0 Å². The van der Waals surface area contributed by atoms with Crippen molar-refractivity contribution >= 4 is 17.7 Å². The van der Waals surface area contributed by atoms with Crippen molar-refractivity contribution in [2.24, 2.45) is 0 Å². The van der Waals surface area contributed by atoms with Gasteiger partial charge in [0.1, 0.15) is 0 Å². The molecular formula is C19H36O2S. The molecule has 1 rings (SSSR count). The maximum Gasteiger partial charge on any atom is 0.305 e. The van der Waals surface area contributed by atoms with E-state index in [1.54, 1.807) is 0 Å². The lowest BCUT2D eigenvalue weighted by Gasteiger charge is -2.02.